The molecule has 18 heavy (non-hydrogen) atoms. The lowest BCUT2D eigenvalue weighted by atomic mass is 10.1. The highest BCUT2D eigenvalue weighted by molar-refractivity contribution is 9.10. The van der Waals surface area contributed by atoms with E-state index in [-0.39, 0.29) is 11.9 Å². The summed E-state index contributed by atoms with van der Waals surface area (Å²) in [6.45, 7) is 4.06. The van der Waals surface area contributed by atoms with Gasteiger partial charge in [0.2, 0.25) is 5.91 Å². The van der Waals surface area contributed by atoms with Gasteiger partial charge in [-0.2, -0.15) is 0 Å². The van der Waals surface area contributed by atoms with E-state index in [4.69, 9.17) is 5.73 Å². The SMILES string of the molecule is CCCC[C@H](N)C(=O)N[C@@H](C)c1ccc(Br)cc1. The zero-order valence-corrected chi connectivity index (χ0v) is 12.5. The Bertz CT molecular complexity index is 378. The first kappa shape index (κ1) is 15.2. The van der Waals surface area contributed by atoms with Crippen molar-refractivity contribution < 1.29 is 4.79 Å². The molecular weight excluding hydrogens is 292 g/mol. The molecule has 1 rings (SSSR count). The minimum atomic E-state index is -0.400. The molecule has 0 heterocycles. The maximum absolute atomic E-state index is 11.9. The number of benzene rings is 1. The van der Waals surface area contributed by atoms with E-state index >= 15 is 0 Å². The highest BCUT2D eigenvalue weighted by Gasteiger charge is 2.15. The summed E-state index contributed by atoms with van der Waals surface area (Å²) >= 11 is 3.39. The van der Waals surface area contributed by atoms with Gasteiger partial charge < -0.3 is 11.1 Å². The summed E-state index contributed by atoms with van der Waals surface area (Å²) in [4.78, 5) is 11.9. The van der Waals surface area contributed by atoms with E-state index in [9.17, 15) is 4.79 Å². The van der Waals surface area contributed by atoms with E-state index in [0.29, 0.717) is 0 Å². The van der Waals surface area contributed by atoms with Crippen LogP contribution in [0.5, 0.6) is 0 Å². The number of nitrogens with two attached hydrogens (primary N) is 1. The van der Waals surface area contributed by atoms with Crippen LogP contribution in [0, 0.1) is 0 Å². The molecule has 0 unspecified atom stereocenters. The fourth-order valence-electron chi connectivity index (χ4n) is 1.71. The van der Waals surface area contributed by atoms with Gasteiger partial charge in [0.1, 0.15) is 0 Å². The summed E-state index contributed by atoms with van der Waals surface area (Å²) in [6.07, 6.45) is 2.79. The zero-order chi connectivity index (χ0) is 13.5. The number of hydrogen-bond acceptors (Lipinski definition) is 2. The molecule has 3 nitrogen and oxygen atoms in total. The monoisotopic (exact) mass is 312 g/mol. The maximum atomic E-state index is 11.9. The van der Waals surface area contributed by atoms with Crippen molar-refractivity contribution in [2.45, 2.75) is 45.2 Å². The van der Waals surface area contributed by atoms with Gasteiger partial charge in [0.05, 0.1) is 12.1 Å². The second-order valence-electron chi connectivity index (χ2n) is 4.53. The van der Waals surface area contributed by atoms with Crippen molar-refractivity contribution in [2.24, 2.45) is 5.73 Å². The molecule has 1 aromatic carbocycles. The van der Waals surface area contributed by atoms with Crippen LogP contribution in [0.2, 0.25) is 0 Å². The first-order valence-electron chi connectivity index (χ1n) is 6.36. The molecule has 0 saturated heterocycles. The quantitative estimate of drug-likeness (QED) is 0.847. The Kier molecular flexibility index (Phi) is 6.36. The molecule has 3 N–H and O–H groups in total. The van der Waals surface area contributed by atoms with Gasteiger partial charge in [0, 0.05) is 4.47 Å². The van der Waals surface area contributed by atoms with E-state index < -0.39 is 6.04 Å². The second kappa shape index (κ2) is 7.54. The van der Waals surface area contributed by atoms with Crippen molar-refractivity contribution in [2.75, 3.05) is 0 Å². The molecule has 100 valence electrons. The standard InChI is InChI=1S/C14H21BrN2O/c1-3-4-5-13(16)14(18)17-10(2)11-6-8-12(15)9-7-11/h6-10,13H,3-5,16H2,1-2H3,(H,17,18)/t10-,13-/m0/s1. The topological polar surface area (TPSA) is 55.1 Å². The van der Waals surface area contributed by atoms with Gasteiger partial charge in [-0.05, 0) is 31.0 Å². The van der Waals surface area contributed by atoms with Crippen LogP contribution in [0.25, 0.3) is 0 Å². The number of amides is 1. The lowest BCUT2D eigenvalue weighted by molar-refractivity contribution is -0.123. The van der Waals surface area contributed by atoms with Gasteiger partial charge in [-0.1, -0.05) is 47.8 Å². The molecule has 4 heteroatoms. The average Bonchev–Trinajstić information content (AvgIpc) is 2.36. The molecular formula is C14H21BrN2O. The molecule has 0 aromatic heterocycles. The van der Waals surface area contributed by atoms with Crippen molar-refractivity contribution in [1.82, 2.24) is 5.32 Å². The van der Waals surface area contributed by atoms with Crippen LogP contribution in [0.4, 0.5) is 0 Å². The molecule has 2 atom stereocenters. The minimum Gasteiger partial charge on any atom is -0.348 e. The average molecular weight is 313 g/mol. The van der Waals surface area contributed by atoms with E-state index in [2.05, 4.69) is 28.2 Å². The third-order valence-corrected chi connectivity index (χ3v) is 3.46. The van der Waals surface area contributed by atoms with Crippen molar-refractivity contribution in [3.63, 3.8) is 0 Å². The molecule has 0 radical (unpaired) electrons. The molecule has 0 bridgehead atoms. The number of nitrogens with one attached hydrogen (secondary N) is 1. The lowest BCUT2D eigenvalue weighted by Crippen LogP contribution is -2.41. The summed E-state index contributed by atoms with van der Waals surface area (Å²) in [5, 5.41) is 2.95. The summed E-state index contributed by atoms with van der Waals surface area (Å²) in [6, 6.07) is 7.50. The summed E-state index contributed by atoms with van der Waals surface area (Å²) in [5.74, 6) is -0.0705. The van der Waals surface area contributed by atoms with Crippen LogP contribution < -0.4 is 11.1 Å². The van der Waals surface area contributed by atoms with Gasteiger partial charge >= 0.3 is 0 Å². The first-order chi connectivity index (χ1) is 8.54. The van der Waals surface area contributed by atoms with Crippen molar-refractivity contribution in [3.8, 4) is 0 Å². The number of unbranched alkanes of at least 4 members (excludes halogenated alkanes) is 1. The third-order valence-electron chi connectivity index (χ3n) is 2.93. The van der Waals surface area contributed by atoms with Crippen molar-refractivity contribution in [3.05, 3.63) is 34.3 Å². The molecule has 0 saturated carbocycles. The summed E-state index contributed by atoms with van der Waals surface area (Å²) < 4.78 is 1.03. The van der Waals surface area contributed by atoms with Crippen molar-refractivity contribution >= 4 is 21.8 Å². The Balaban J connectivity index is 2.51. The van der Waals surface area contributed by atoms with Crippen LogP contribution in [0.1, 0.15) is 44.7 Å². The fraction of sp³-hybridized carbons (Fsp3) is 0.500. The van der Waals surface area contributed by atoms with Gasteiger partial charge in [0.15, 0.2) is 0 Å². The van der Waals surface area contributed by atoms with Crippen LogP contribution in [0.15, 0.2) is 28.7 Å². The van der Waals surface area contributed by atoms with Gasteiger partial charge in [-0.3, -0.25) is 4.79 Å². The van der Waals surface area contributed by atoms with E-state index in [1.807, 2.05) is 31.2 Å². The molecule has 0 aliphatic rings. The Morgan fingerprint density at radius 3 is 2.56 bits per heavy atom. The largest absolute Gasteiger partial charge is 0.348 e. The van der Waals surface area contributed by atoms with Gasteiger partial charge in [-0.15, -0.1) is 0 Å². The van der Waals surface area contributed by atoms with E-state index in [1.54, 1.807) is 0 Å². The highest BCUT2D eigenvalue weighted by atomic mass is 79.9. The third kappa shape index (κ3) is 4.78. The van der Waals surface area contributed by atoms with Gasteiger partial charge in [0.25, 0.3) is 0 Å². The highest BCUT2D eigenvalue weighted by Crippen LogP contribution is 2.16. The Labute approximate surface area is 117 Å². The smallest absolute Gasteiger partial charge is 0.237 e. The maximum Gasteiger partial charge on any atom is 0.237 e. The predicted octanol–water partition coefficient (Wildman–Crippen LogP) is 3.14. The Morgan fingerprint density at radius 2 is 2.00 bits per heavy atom. The van der Waals surface area contributed by atoms with Crippen molar-refractivity contribution in [1.29, 1.82) is 0 Å². The minimum absolute atomic E-state index is 0.0155. The van der Waals surface area contributed by atoms with Crippen LogP contribution in [0.3, 0.4) is 0 Å². The molecule has 0 aliphatic heterocycles. The molecule has 0 spiro atoms. The molecule has 0 fully saturated rings. The zero-order valence-electron chi connectivity index (χ0n) is 10.9. The number of carbonyl (C=O) groups is 1. The number of carbonyl (C=O) groups excluding carboxylic acids is 1. The first-order valence-corrected chi connectivity index (χ1v) is 7.15. The molecule has 0 aliphatic carbocycles. The number of rotatable bonds is 6. The Hall–Kier alpha value is -0.870. The number of hydrogen-bond donors (Lipinski definition) is 2. The van der Waals surface area contributed by atoms with Crippen LogP contribution in [-0.2, 0) is 4.79 Å². The molecule has 1 aromatic rings. The Morgan fingerprint density at radius 1 is 1.39 bits per heavy atom. The van der Waals surface area contributed by atoms with Gasteiger partial charge in [-0.25, -0.2) is 0 Å². The van der Waals surface area contributed by atoms with Crippen LogP contribution in [-0.4, -0.2) is 11.9 Å². The van der Waals surface area contributed by atoms with Crippen LogP contribution >= 0.6 is 15.9 Å². The predicted molar refractivity (Wildman–Crippen MR) is 78.2 cm³/mol. The number of halogens is 1. The summed E-state index contributed by atoms with van der Waals surface area (Å²) in [5.41, 5.74) is 6.91. The fourth-order valence-corrected chi connectivity index (χ4v) is 1.97. The molecule has 1 amide bonds. The van der Waals surface area contributed by atoms with E-state index in [0.717, 1.165) is 29.3 Å². The normalized spacial score (nSPS) is 14.0. The summed E-state index contributed by atoms with van der Waals surface area (Å²) in [7, 11) is 0. The van der Waals surface area contributed by atoms with E-state index in [1.165, 1.54) is 0 Å². The second-order valence-corrected chi connectivity index (χ2v) is 5.45. The lowest BCUT2D eigenvalue weighted by Gasteiger charge is -2.17.